The van der Waals surface area contributed by atoms with Crippen molar-refractivity contribution < 1.29 is 4.79 Å². The zero-order valence-electron chi connectivity index (χ0n) is 13.4. The van der Waals surface area contributed by atoms with E-state index in [0.29, 0.717) is 16.0 Å². The number of benzene rings is 2. The predicted octanol–water partition coefficient (Wildman–Crippen LogP) is 6.46. The van der Waals surface area contributed by atoms with Crippen molar-refractivity contribution in [1.82, 2.24) is 0 Å². The van der Waals surface area contributed by atoms with Crippen LogP contribution in [-0.2, 0) is 4.79 Å². The lowest BCUT2D eigenvalue weighted by molar-refractivity contribution is -0.113. The van der Waals surface area contributed by atoms with Crippen LogP contribution in [0, 0.1) is 5.92 Å². The summed E-state index contributed by atoms with van der Waals surface area (Å²) in [5.74, 6) is 0.548. The molecule has 24 heavy (non-hydrogen) atoms. The molecule has 0 radical (unpaired) electrons. The van der Waals surface area contributed by atoms with Crippen molar-refractivity contribution in [2.75, 3.05) is 0 Å². The van der Waals surface area contributed by atoms with Gasteiger partial charge in [0.1, 0.15) is 0 Å². The number of allylic oxidation sites excluding steroid dienone is 2. The van der Waals surface area contributed by atoms with Crippen molar-refractivity contribution in [2.24, 2.45) is 5.92 Å². The quantitative estimate of drug-likeness (QED) is 0.564. The highest BCUT2D eigenvalue weighted by atomic mass is 35.5. The Hall–Kier alpha value is -1.83. The SMILES string of the molecule is CC1CC(=Cc2cccc(Cl)c2)C(=O)C(=Cc2cccc(Cl)c2)C1. The molecule has 3 rings (SSSR count). The summed E-state index contributed by atoms with van der Waals surface area (Å²) >= 11 is 12.1. The summed E-state index contributed by atoms with van der Waals surface area (Å²) in [4.78, 5) is 12.8. The molecule has 0 amide bonds. The van der Waals surface area contributed by atoms with Gasteiger partial charge in [0.25, 0.3) is 0 Å². The van der Waals surface area contributed by atoms with Gasteiger partial charge in [0.2, 0.25) is 0 Å². The molecule has 0 bridgehead atoms. The molecule has 1 fully saturated rings. The fourth-order valence-electron chi connectivity index (χ4n) is 3.06. The van der Waals surface area contributed by atoms with E-state index in [-0.39, 0.29) is 5.78 Å². The van der Waals surface area contributed by atoms with E-state index in [1.807, 2.05) is 60.7 Å². The van der Waals surface area contributed by atoms with Gasteiger partial charge < -0.3 is 0 Å². The Morgan fingerprint density at radius 2 is 1.33 bits per heavy atom. The van der Waals surface area contributed by atoms with Gasteiger partial charge in [-0.3, -0.25) is 4.79 Å². The standard InChI is InChI=1S/C21H18Cl2O/c1-14-8-17(10-15-4-2-6-19(22)12-15)21(24)18(9-14)11-16-5-3-7-20(23)13-16/h2-7,10-14H,8-9H2,1H3. The molecule has 0 unspecified atom stereocenters. The topological polar surface area (TPSA) is 17.1 Å². The Balaban J connectivity index is 1.94. The van der Waals surface area contributed by atoms with E-state index < -0.39 is 0 Å². The minimum absolute atomic E-state index is 0.119. The van der Waals surface area contributed by atoms with Crippen molar-refractivity contribution in [2.45, 2.75) is 19.8 Å². The van der Waals surface area contributed by atoms with E-state index in [1.165, 1.54) is 0 Å². The first-order valence-electron chi connectivity index (χ1n) is 7.98. The van der Waals surface area contributed by atoms with Crippen molar-refractivity contribution >= 4 is 41.1 Å². The van der Waals surface area contributed by atoms with E-state index >= 15 is 0 Å². The molecule has 1 aliphatic rings. The minimum atomic E-state index is 0.119. The van der Waals surface area contributed by atoms with Crippen LogP contribution < -0.4 is 0 Å². The van der Waals surface area contributed by atoms with Crippen molar-refractivity contribution in [3.63, 3.8) is 0 Å². The molecule has 0 N–H and O–H groups in total. The third-order valence-electron chi connectivity index (χ3n) is 4.10. The first-order chi connectivity index (χ1) is 11.5. The number of Topliss-reactive ketones (excluding diaryl/α,β-unsaturated/α-hetero) is 1. The number of hydrogen-bond donors (Lipinski definition) is 0. The number of carbonyl (C=O) groups excluding carboxylic acids is 1. The average molecular weight is 357 g/mol. The van der Waals surface area contributed by atoms with Crippen molar-refractivity contribution in [1.29, 1.82) is 0 Å². The lowest BCUT2D eigenvalue weighted by atomic mass is 9.81. The molecule has 1 nitrogen and oxygen atoms in total. The smallest absolute Gasteiger partial charge is 0.185 e. The lowest BCUT2D eigenvalue weighted by Gasteiger charge is -2.22. The predicted molar refractivity (Wildman–Crippen MR) is 102 cm³/mol. The van der Waals surface area contributed by atoms with Crippen LogP contribution in [0.25, 0.3) is 12.2 Å². The monoisotopic (exact) mass is 356 g/mol. The first-order valence-corrected chi connectivity index (χ1v) is 8.74. The number of rotatable bonds is 2. The molecule has 0 aliphatic heterocycles. The maximum Gasteiger partial charge on any atom is 0.185 e. The van der Waals surface area contributed by atoms with Crippen LogP contribution in [0.2, 0.25) is 10.0 Å². The van der Waals surface area contributed by atoms with Crippen LogP contribution in [0.5, 0.6) is 0 Å². The second-order valence-electron chi connectivity index (χ2n) is 6.29. The summed E-state index contributed by atoms with van der Waals surface area (Å²) < 4.78 is 0. The summed E-state index contributed by atoms with van der Waals surface area (Å²) in [5.41, 5.74) is 3.60. The largest absolute Gasteiger partial charge is 0.289 e. The van der Waals surface area contributed by atoms with Crippen LogP contribution in [0.15, 0.2) is 59.7 Å². The molecule has 1 saturated carbocycles. The molecule has 2 aromatic rings. The maximum absolute atomic E-state index is 12.8. The normalized spacial score (nSPS) is 21.5. The Bertz CT molecular complexity index is 766. The molecule has 0 atom stereocenters. The van der Waals surface area contributed by atoms with Crippen LogP contribution in [0.3, 0.4) is 0 Å². The van der Waals surface area contributed by atoms with E-state index in [2.05, 4.69) is 6.92 Å². The van der Waals surface area contributed by atoms with Crippen LogP contribution >= 0.6 is 23.2 Å². The van der Waals surface area contributed by atoms with Gasteiger partial charge in [-0.05, 0) is 66.3 Å². The average Bonchev–Trinajstić information content (AvgIpc) is 2.52. The summed E-state index contributed by atoms with van der Waals surface area (Å²) in [5, 5.41) is 1.35. The van der Waals surface area contributed by atoms with Gasteiger partial charge >= 0.3 is 0 Å². The van der Waals surface area contributed by atoms with E-state index in [1.54, 1.807) is 0 Å². The van der Waals surface area contributed by atoms with Crippen LogP contribution in [-0.4, -0.2) is 5.78 Å². The number of hydrogen-bond acceptors (Lipinski definition) is 1. The Kier molecular flexibility index (Phi) is 5.23. The molecule has 0 aromatic heterocycles. The molecule has 0 heterocycles. The highest BCUT2D eigenvalue weighted by Gasteiger charge is 2.25. The molecule has 122 valence electrons. The first kappa shape index (κ1) is 17.0. The molecule has 0 spiro atoms. The molecule has 0 saturated heterocycles. The fourth-order valence-corrected chi connectivity index (χ4v) is 3.46. The molecular formula is C21H18Cl2O. The highest BCUT2D eigenvalue weighted by molar-refractivity contribution is 6.31. The van der Waals surface area contributed by atoms with Crippen LogP contribution in [0.1, 0.15) is 30.9 Å². The Morgan fingerprint density at radius 1 is 0.875 bits per heavy atom. The summed E-state index contributed by atoms with van der Waals surface area (Å²) in [7, 11) is 0. The molecule has 1 aliphatic carbocycles. The van der Waals surface area contributed by atoms with Crippen molar-refractivity contribution in [3.05, 3.63) is 80.8 Å². The van der Waals surface area contributed by atoms with Gasteiger partial charge in [-0.15, -0.1) is 0 Å². The fraction of sp³-hybridized carbons (Fsp3) is 0.190. The van der Waals surface area contributed by atoms with E-state index in [4.69, 9.17) is 23.2 Å². The Morgan fingerprint density at radius 3 is 1.75 bits per heavy atom. The zero-order valence-corrected chi connectivity index (χ0v) is 14.9. The van der Waals surface area contributed by atoms with Crippen LogP contribution in [0.4, 0.5) is 0 Å². The summed E-state index contributed by atoms with van der Waals surface area (Å²) in [6.45, 7) is 2.17. The van der Waals surface area contributed by atoms with E-state index in [9.17, 15) is 4.79 Å². The molecular weight excluding hydrogens is 339 g/mol. The van der Waals surface area contributed by atoms with Gasteiger partial charge in [0.05, 0.1) is 0 Å². The molecule has 3 heteroatoms. The zero-order chi connectivity index (χ0) is 17.1. The number of halogens is 2. The number of ketones is 1. The maximum atomic E-state index is 12.8. The summed E-state index contributed by atoms with van der Waals surface area (Å²) in [6.07, 6.45) is 5.49. The van der Waals surface area contributed by atoms with Gasteiger partial charge in [-0.1, -0.05) is 54.4 Å². The van der Waals surface area contributed by atoms with E-state index in [0.717, 1.165) is 35.1 Å². The minimum Gasteiger partial charge on any atom is -0.289 e. The Labute approximate surface area is 152 Å². The molecule has 2 aromatic carbocycles. The second-order valence-corrected chi connectivity index (χ2v) is 7.16. The number of carbonyl (C=O) groups is 1. The highest BCUT2D eigenvalue weighted by Crippen LogP contribution is 2.32. The third kappa shape index (κ3) is 4.17. The summed E-state index contributed by atoms with van der Waals surface area (Å²) in [6, 6.07) is 15.1. The van der Waals surface area contributed by atoms with Gasteiger partial charge in [0, 0.05) is 21.2 Å². The lowest BCUT2D eigenvalue weighted by Crippen LogP contribution is -2.18. The second kappa shape index (κ2) is 7.38. The van der Waals surface area contributed by atoms with Gasteiger partial charge in [-0.25, -0.2) is 0 Å². The van der Waals surface area contributed by atoms with Gasteiger partial charge in [0.15, 0.2) is 5.78 Å². The third-order valence-corrected chi connectivity index (χ3v) is 4.57. The van der Waals surface area contributed by atoms with Crippen molar-refractivity contribution in [3.8, 4) is 0 Å². The van der Waals surface area contributed by atoms with Gasteiger partial charge in [-0.2, -0.15) is 0 Å².